The minimum atomic E-state index is 0.0592. The lowest BCUT2D eigenvalue weighted by molar-refractivity contribution is -0.113. The summed E-state index contributed by atoms with van der Waals surface area (Å²) in [6, 6.07) is 7.39. The summed E-state index contributed by atoms with van der Waals surface area (Å²) in [5, 5.41) is 6.30. The van der Waals surface area contributed by atoms with Gasteiger partial charge in [-0.15, -0.1) is 0 Å². The molecule has 1 aromatic carbocycles. The van der Waals surface area contributed by atoms with Gasteiger partial charge in [0.05, 0.1) is 12.9 Å². The Bertz CT molecular complexity index is 416. The van der Waals surface area contributed by atoms with Crippen LogP contribution < -0.4 is 15.4 Å². The first-order chi connectivity index (χ1) is 9.78. The quantitative estimate of drug-likeness (QED) is 0.846. The van der Waals surface area contributed by atoms with Gasteiger partial charge in [-0.05, 0) is 61.9 Å². The third-order valence-electron chi connectivity index (χ3n) is 3.36. The Morgan fingerprint density at radius 1 is 1.45 bits per heavy atom. The van der Waals surface area contributed by atoms with E-state index < -0.39 is 0 Å². The van der Waals surface area contributed by atoms with E-state index in [-0.39, 0.29) is 5.91 Å². The summed E-state index contributed by atoms with van der Waals surface area (Å²) in [5.74, 6) is 3.14. The third-order valence-corrected chi connectivity index (χ3v) is 4.53. The number of carbonyl (C=O) groups is 1. The summed E-state index contributed by atoms with van der Waals surface area (Å²) in [6.07, 6.45) is 2.53. The van der Waals surface area contributed by atoms with Crippen LogP contribution in [0, 0.1) is 5.92 Å². The summed E-state index contributed by atoms with van der Waals surface area (Å²) < 4.78 is 5.08. The van der Waals surface area contributed by atoms with Crippen molar-refractivity contribution >= 4 is 23.4 Å². The van der Waals surface area contributed by atoms with E-state index >= 15 is 0 Å². The zero-order valence-electron chi connectivity index (χ0n) is 11.9. The van der Waals surface area contributed by atoms with E-state index in [1.165, 1.54) is 12.8 Å². The number of rotatable bonds is 6. The molecule has 1 amide bonds. The highest BCUT2D eigenvalue weighted by Gasteiger charge is 2.13. The molecule has 20 heavy (non-hydrogen) atoms. The lowest BCUT2D eigenvalue weighted by Crippen LogP contribution is -2.31. The highest BCUT2D eigenvalue weighted by Crippen LogP contribution is 2.18. The zero-order valence-corrected chi connectivity index (χ0v) is 12.7. The van der Waals surface area contributed by atoms with Crippen molar-refractivity contribution in [3.8, 4) is 5.75 Å². The van der Waals surface area contributed by atoms with Gasteiger partial charge in [0.15, 0.2) is 0 Å². The first kappa shape index (κ1) is 15.2. The second-order valence-electron chi connectivity index (χ2n) is 5.00. The molecule has 0 spiro atoms. The molecule has 1 heterocycles. The number of ether oxygens (including phenoxy) is 1. The molecule has 0 radical (unpaired) electrons. The standard InChI is InChI=1S/C15H22N2O2S/c1-19-14-6-4-13(5-7-14)17-15(18)11-20-10-12-3-2-8-16-9-12/h4-7,12,16H,2-3,8-11H2,1H3,(H,17,18). The van der Waals surface area contributed by atoms with Crippen LogP contribution in [0.1, 0.15) is 12.8 Å². The molecule has 0 aromatic heterocycles. The number of benzene rings is 1. The Hall–Kier alpha value is -1.20. The minimum Gasteiger partial charge on any atom is -0.497 e. The van der Waals surface area contributed by atoms with E-state index in [2.05, 4.69) is 10.6 Å². The highest BCUT2D eigenvalue weighted by atomic mass is 32.2. The van der Waals surface area contributed by atoms with Crippen LogP contribution in [-0.4, -0.2) is 37.6 Å². The van der Waals surface area contributed by atoms with Gasteiger partial charge in [0.2, 0.25) is 5.91 Å². The van der Waals surface area contributed by atoms with Gasteiger partial charge < -0.3 is 15.4 Å². The zero-order chi connectivity index (χ0) is 14.2. The van der Waals surface area contributed by atoms with Gasteiger partial charge in [-0.1, -0.05) is 0 Å². The van der Waals surface area contributed by atoms with E-state index in [1.54, 1.807) is 18.9 Å². The van der Waals surface area contributed by atoms with E-state index in [0.717, 1.165) is 30.3 Å². The number of thioether (sulfide) groups is 1. The smallest absolute Gasteiger partial charge is 0.234 e. The molecule has 1 aromatic rings. The molecule has 0 aliphatic carbocycles. The molecule has 110 valence electrons. The lowest BCUT2D eigenvalue weighted by Gasteiger charge is -2.22. The Kier molecular flexibility index (Phi) is 6.21. The maximum atomic E-state index is 11.8. The summed E-state index contributed by atoms with van der Waals surface area (Å²) >= 11 is 1.72. The monoisotopic (exact) mass is 294 g/mol. The molecule has 1 unspecified atom stereocenters. The minimum absolute atomic E-state index is 0.0592. The Labute approximate surface area is 124 Å². The normalized spacial score (nSPS) is 18.6. The Morgan fingerprint density at radius 3 is 2.90 bits per heavy atom. The average Bonchev–Trinajstić information content (AvgIpc) is 2.49. The predicted octanol–water partition coefficient (Wildman–Crippen LogP) is 2.37. The second-order valence-corrected chi connectivity index (χ2v) is 6.03. The van der Waals surface area contributed by atoms with Crippen molar-refractivity contribution in [1.82, 2.24) is 5.32 Å². The molecular formula is C15H22N2O2S. The Morgan fingerprint density at radius 2 is 2.25 bits per heavy atom. The second kappa shape index (κ2) is 8.17. The summed E-state index contributed by atoms with van der Waals surface area (Å²) in [5.41, 5.74) is 0.815. The van der Waals surface area contributed by atoms with Crippen LogP contribution in [0.3, 0.4) is 0 Å². The van der Waals surface area contributed by atoms with Crippen LogP contribution in [-0.2, 0) is 4.79 Å². The number of carbonyl (C=O) groups excluding carboxylic acids is 1. The number of hydrogen-bond acceptors (Lipinski definition) is 4. The Balaban J connectivity index is 1.66. The van der Waals surface area contributed by atoms with Crippen molar-refractivity contribution in [2.24, 2.45) is 5.92 Å². The van der Waals surface area contributed by atoms with Crippen molar-refractivity contribution in [2.75, 3.05) is 37.0 Å². The van der Waals surface area contributed by atoms with Crippen LogP contribution in [0.2, 0.25) is 0 Å². The third kappa shape index (κ3) is 5.06. The molecule has 1 fully saturated rings. The molecule has 5 heteroatoms. The molecule has 0 bridgehead atoms. The number of hydrogen-bond donors (Lipinski definition) is 2. The molecule has 1 atom stereocenters. The van der Waals surface area contributed by atoms with Gasteiger partial charge in [-0.2, -0.15) is 11.8 Å². The fraction of sp³-hybridized carbons (Fsp3) is 0.533. The van der Waals surface area contributed by atoms with E-state index in [4.69, 9.17) is 4.74 Å². The van der Waals surface area contributed by atoms with Crippen LogP contribution in [0.4, 0.5) is 5.69 Å². The number of piperidine rings is 1. The molecule has 1 aliphatic rings. The summed E-state index contributed by atoms with van der Waals surface area (Å²) in [7, 11) is 1.63. The first-order valence-electron chi connectivity index (χ1n) is 7.00. The van der Waals surface area contributed by atoms with Crippen LogP contribution in [0.15, 0.2) is 24.3 Å². The average molecular weight is 294 g/mol. The molecular weight excluding hydrogens is 272 g/mol. The maximum absolute atomic E-state index is 11.8. The number of anilines is 1. The van der Waals surface area contributed by atoms with E-state index in [1.807, 2.05) is 24.3 Å². The fourth-order valence-electron chi connectivity index (χ4n) is 2.26. The van der Waals surface area contributed by atoms with Crippen molar-refractivity contribution in [3.05, 3.63) is 24.3 Å². The molecule has 4 nitrogen and oxygen atoms in total. The maximum Gasteiger partial charge on any atom is 0.234 e. The van der Waals surface area contributed by atoms with Crippen molar-refractivity contribution in [3.63, 3.8) is 0 Å². The molecule has 2 N–H and O–H groups in total. The largest absolute Gasteiger partial charge is 0.497 e. The predicted molar refractivity (Wildman–Crippen MR) is 84.5 cm³/mol. The van der Waals surface area contributed by atoms with Crippen molar-refractivity contribution in [2.45, 2.75) is 12.8 Å². The van der Waals surface area contributed by atoms with Gasteiger partial charge >= 0.3 is 0 Å². The molecule has 0 saturated carbocycles. The van der Waals surface area contributed by atoms with Crippen molar-refractivity contribution in [1.29, 1.82) is 0 Å². The van der Waals surface area contributed by atoms with Gasteiger partial charge in [0.25, 0.3) is 0 Å². The van der Waals surface area contributed by atoms with Gasteiger partial charge in [0, 0.05) is 5.69 Å². The van der Waals surface area contributed by atoms with Crippen LogP contribution in [0.5, 0.6) is 5.75 Å². The SMILES string of the molecule is COc1ccc(NC(=O)CSCC2CCCNC2)cc1. The van der Waals surface area contributed by atoms with Crippen LogP contribution >= 0.6 is 11.8 Å². The lowest BCUT2D eigenvalue weighted by atomic mass is 10.0. The molecule has 2 rings (SSSR count). The van der Waals surface area contributed by atoms with Gasteiger partial charge in [-0.3, -0.25) is 4.79 Å². The van der Waals surface area contributed by atoms with E-state index in [9.17, 15) is 4.79 Å². The van der Waals surface area contributed by atoms with E-state index in [0.29, 0.717) is 11.7 Å². The number of nitrogens with one attached hydrogen (secondary N) is 2. The fourth-order valence-corrected chi connectivity index (χ4v) is 3.25. The van der Waals surface area contributed by atoms with Crippen molar-refractivity contribution < 1.29 is 9.53 Å². The first-order valence-corrected chi connectivity index (χ1v) is 8.16. The molecule has 1 aliphatic heterocycles. The topological polar surface area (TPSA) is 50.4 Å². The van der Waals surface area contributed by atoms with Gasteiger partial charge in [-0.25, -0.2) is 0 Å². The van der Waals surface area contributed by atoms with Gasteiger partial charge in [0.1, 0.15) is 5.75 Å². The summed E-state index contributed by atoms with van der Waals surface area (Å²) in [4.78, 5) is 11.8. The summed E-state index contributed by atoms with van der Waals surface area (Å²) in [6.45, 7) is 2.23. The molecule has 1 saturated heterocycles. The van der Waals surface area contributed by atoms with Crippen LogP contribution in [0.25, 0.3) is 0 Å². The number of methoxy groups -OCH3 is 1. The number of amides is 1. The highest BCUT2D eigenvalue weighted by molar-refractivity contribution is 7.99.